The van der Waals surface area contributed by atoms with Crippen molar-refractivity contribution in [2.24, 2.45) is 5.73 Å². The number of hydrogen-bond donors (Lipinski definition) is 2. The molecule has 1 fully saturated rings. The summed E-state index contributed by atoms with van der Waals surface area (Å²) in [6.07, 6.45) is 0. The van der Waals surface area contributed by atoms with Crippen LogP contribution in [0.3, 0.4) is 0 Å². The summed E-state index contributed by atoms with van der Waals surface area (Å²) >= 11 is 0. The molecule has 4 heteroatoms. The van der Waals surface area contributed by atoms with Gasteiger partial charge in [-0.25, -0.2) is 0 Å². The summed E-state index contributed by atoms with van der Waals surface area (Å²) in [6.45, 7) is 4.59. The zero-order valence-corrected chi connectivity index (χ0v) is 9.35. The van der Waals surface area contributed by atoms with Crippen LogP contribution in [0.1, 0.15) is 11.1 Å². The highest BCUT2D eigenvalue weighted by atomic mass is 16.5. The highest BCUT2D eigenvalue weighted by Crippen LogP contribution is 2.22. The number of benzene rings is 1. The lowest BCUT2D eigenvalue weighted by Gasteiger charge is -2.27. The quantitative estimate of drug-likeness (QED) is 0.789. The van der Waals surface area contributed by atoms with Crippen LogP contribution in [0.4, 0.5) is 0 Å². The fourth-order valence-corrected chi connectivity index (χ4v) is 1.98. The van der Waals surface area contributed by atoms with Crippen molar-refractivity contribution in [3.8, 4) is 5.75 Å². The minimum atomic E-state index is 0.342. The van der Waals surface area contributed by atoms with Gasteiger partial charge in [0.25, 0.3) is 0 Å². The lowest BCUT2D eigenvalue weighted by molar-refractivity contribution is 0.0337. The van der Waals surface area contributed by atoms with Crippen molar-refractivity contribution in [3.63, 3.8) is 0 Å². The second-order valence-electron chi connectivity index (χ2n) is 4.01. The number of aromatic hydroxyl groups is 1. The van der Waals surface area contributed by atoms with Gasteiger partial charge in [0.1, 0.15) is 5.75 Å². The Bertz CT molecular complexity index is 349. The molecule has 88 valence electrons. The van der Waals surface area contributed by atoms with Crippen LogP contribution in [0.25, 0.3) is 0 Å². The van der Waals surface area contributed by atoms with E-state index in [1.807, 2.05) is 12.1 Å². The maximum absolute atomic E-state index is 9.84. The molecule has 0 atom stereocenters. The third-order valence-corrected chi connectivity index (χ3v) is 2.95. The minimum absolute atomic E-state index is 0.342. The van der Waals surface area contributed by atoms with E-state index < -0.39 is 0 Å². The van der Waals surface area contributed by atoms with Crippen molar-refractivity contribution in [1.82, 2.24) is 4.90 Å². The van der Waals surface area contributed by atoms with Crippen molar-refractivity contribution >= 4 is 0 Å². The molecule has 0 bridgehead atoms. The first-order valence-electron chi connectivity index (χ1n) is 5.61. The molecule has 1 aliphatic heterocycles. The number of morpholine rings is 1. The summed E-state index contributed by atoms with van der Waals surface area (Å²) in [6, 6.07) is 5.52. The summed E-state index contributed by atoms with van der Waals surface area (Å²) in [5, 5.41) is 9.84. The molecule has 0 amide bonds. The molecule has 1 saturated heterocycles. The van der Waals surface area contributed by atoms with Crippen molar-refractivity contribution in [2.75, 3.05) is 26.3 Å². The molecule has 0 unspecified atom stereocenters. The van der Waals surface area contributed by atoms with Gasteiger partial charge in [-0.2, -0.15) is 0 Å². The maximum atomic E-state index is 9.84. The zero-order chi connectivity index (χ0) is 11.4. The van der Waals surface area contributed by atoms with Gasteiger partial charge in [0.2, 0.25) is 0 Å². The summed E-state index contributed by atoms with van der Waals surface area (Å²) in [5.74, 6) is 0.342. The Morgan fingerprint density at radius 1 is 1.31 bits per heavy atom. The fourth-order valence-electron chi connectivity index (χ4n) is 1.98. The zero-order valence-electron chi connectivity index (χ0n) is 9.35. The second kappa shape index (κ2) is 5.30. The van der Waals surface area contributed by atoms with E-state index in [1.54, 1.807) is 6.07 Å². The van der Waals surface area contributed by atoms with E-state index >= 15 is 0 Å². The fraction of sp³-hybridized carbons (Fsp3) is 0.500. The Morgan fingerprint density at radius 2 is 2.06 bits per heavy atom. The van der Waals surface area contributed by atoms with Crippen LogP contribution in [-0.2, 0) is 17.8 Å². The van der Waals surface area contributed by atoms with Gasteiger partial charge >= 0.3 is 0 Å². The normalized spacial score (nSPS) is 17.6. The molecular weight excluding hydrogens is 204 g/mol. The summed E-state index contributed by atoms with van der Waals surface area (Å²) in [7, 11) is 0. The minimum Gasteiger partial charge on any atom is -0.508 e. The van der Waals surface area contributed by atoms with Crippen LogP contribution in [0.2, 0.25) is 0 Å². The van der Waals surface area contributed by atoms with Crippen LogP contribution in [0, 0.1) is 0 Å². The molecular formula is C12H18N2O2. The topological polar surface area (TPSA) is 58.7 Å². The molecule has 0 radical (unpaired) electrons. The third kappa shape index (κ3) is 2.52. The number of nitrogens with zero attached hydrogens (tertiary/aromatic N) is 1. The van der Waals surface area contributed by atoms with Crippen LogP contribution in [-0.4, -0.2) is 36.3 Å². The predicted molar refractivity (Wildman–Crippen MR) is 62.1 cm³/mol. The Balaban J connectivity index is 2.12. The van der Waals surface area contributed by atoms with Crippen LogP contribution < -0.4 is 5.73 Å². The van der Waals surface area contributed by atoms with Gasteiger partial charge < -0.3 is 15.6 Å². The molecule has 1 aromatic rings. The van der Waals surface area contributed by atoms with E-state index in [0.29, 0.717) is 12.3 Å². The van der Waals surface area contributed by atoms with Crippen molar-refractivity contribution in [2.45, 2.75) is 13.1 Å². The van der Waals surface area contributed by atoms with Gasteiger partial charge in [-0.3, -0.25) is 4.90 Å². The smallest absolute Gasteiger partial charge is 0.120 e. The number of phenols is 1. The molecule has 0 saturated carbocycles. The van der Waals surface area contributed by atoms with E-state index in [9.17, 15) is 5.11 Å². The molecule has 0 spiro atoms. The molecule has 16 heavy (non-hydrogen) atoms. The van der Waals surface area contributed by atoms with E-state index in [4.69, 9.17) is 10.5 Å². The van der Waals surface area contributed by atoms with Gasteiger partial charge in [-0.05, 0) is 11.6 Å². The first kappa shape index (κ1) is 11.4. The Kier molecular flexibility index (Phi) is 3.77. The molecule has 0 aromatic heterocycles. The van der Waals surface area contributed by atoms with Crippen LogP contribution in [0.5, 0.6) is 5.75 Å². The Labute approximate surface area is 95.6 Å². The maximum Gasteiger partial charge on any atom is 0.120 e. The highest BCUT2D eigenvalue weighted by Gasteiger charge is 2.14. The number of hydrogen-bond acceptors (Lipinski definition) is 4. The van der Waals surface area contributed by atoms with Gasteiger partial charge in [0, 0.05) is 31.7 Å². The van der Waals surface area contributed by atoms with Crippen LogP contribution >= 0.6 is 0 Å². The third-order valence-electron chi connectivity index (χ3n) is 2.95. The summed E-state index contributed by atoms with van der Waals surface area (Å²) < 4.78 is 5.30. The summed E-state index contributed by atoms with van der Waals surface area (Å²) in [5.41, 5.74) is 7.64. The average Bonchev–Trinajstić information content (AvgIpc) is 2.33. The average molecular weight is 222 g/mol. The molecule has 1 aliphatic rings. The lowest BCUT2D eigenvalue weighted by Crippen LogP contribution is -2.36. The number of nitrogens with two attached hydrogens (primary N) is 1. The Hall–Kier alpha value is -1.10. The first-order valence-corrected chi connectivity index (χ1v) is 5.61. The van der Waals surface area contributed by atoms with Gasteiger partial charge in [0.15, 0.2) is 0 Å². The molecule has 3 N–H and O–H groups in total. The molecule has 0 aliphatic carbocycles. The van der Waals surface area contributed by atoms with Crippen molar-refractivity contribution < 1.29 is 9.84 Å². The van der Waals surface area contributed by atoms with Gasteiger partial charge in [0.05, 0.1) is 13.2 Å². The Morgan fingerprint density at radius 3 is 2.75 bits per heavy atom. The standard InChI is InChI=1S/C12H18N2O2/c13-8-10-2-1-3-12(15)11(10)9-14-4-6-16-7-5-14/h1-3,15H,4-9,13H2. The first-order chi connectivity index (χ1) is 7.81. The second-order valence-corrected chi connectivity index (χ2v) is 4.01. The van der Waals surface area contributed by atoms with Crippen molar-refractivity contribution in [1.29, 1.82) is 0 Å². The van der Waals surface area contributed by atoms with E-state index in [2.05, 4.69) is 4.90 Å². The van der Waals surface area contributed by atoms with Crippen molar-refractivity contribution in [3.05, 3.63) is 29.3 Å². The lowest BCUT2D eigenvalue weighted by atomic mass is 10.1. The summed E-state index contributed by atoms with van der Waals surface area (Å²) in [4.78, 5) is 2.28. The molecule has 1 heterocycles. The largest absolute Gasteiger partial charge is 0.508 e. The molecule has 1 aromatic carbocycles. The number of rotatable bonds is 3. The predicted octanol–water partition coefficient (Wildman–Crippen LogP) is 0.683. The molecule has 4 nitrogen and oxygen atoms in total. The SMILES string of the molecule is NCc1cccc(O)c1CN1CCOCC1. The monoisotopic (exact) mass is 222 g/mol. The number of ether oxygens (including phenoxy) is 1. The molecule has 2 rings (SSSR count). The van der Waals surface area contributed by atoms with E-state index in [-0.39, 0.29) is 0 Å². The van der Waals surface area contributed by atoms with Gasteiger partial charge in [-0.1, -0.05) is 12.1 Å². The van der Waals surface area contributed by atoms with E-state index in [1.165, 1.54) is 0 Å². The number of phenolic OH excluding ortho intramolecular Hbond substituents is 1. The van der Waals surface area contributed by atoms with E-state index in [0.717, 1.165) is 44.0 Å². The van der Waals surface area contributed by atoms with Gasteiger partial charge in [-0.15, -0.1) is 0 Å². The highest BCUT2D eigenvalue weighted by molar-refractivity contribution is 5.39. The van der Waals surface area contributed by atoms with Crippen LogP contribution in [0.15, 0.2) is 18.2 Å².